The van der Waals surface area contributed by atoms with Crippen molar-refractivity contribution in [3.8, 4) is 0 Å². The van der Waals surface area contributed by atoms with E-state index in [-0.39, 0.29) is 35.8 Å². The number of anilines is 2. The molecule has 1 aliphatic heterocycles. The van der Waals surface area contributed by atoms with E-state index >= 15 is 0 Å². The molecule has 1 heterocycles. The molecular formula is C20H26FIN4O2. The van der Waals surface area contributed by atoms with Gasteiger partial charge < -0.3 is 25.4 Å². The predicted molar refractivity (Wildman–Crippen MR) is 121 cm³/mol. The van der Waals surface area contributed by atoms with Crippen LogP contribution in [0.15, 0.2) is 47.5 Å². The van der Waals surface area contributed by atoms with E-state index in [0.717, 1.165) is 16.8 Å². The minimum Gasteiger partial charge on any atom is -0.380 e. The smallest absolute Gasteiger partial charge is 0.193 e. The third-order valence-electron chi connectivity index (χ3n) is 4.38. The van der Waals surface area contributed by atoms with Crippen molar-refractivity contribution in [2.24, 2.45) is 10.7 Å². The normalized spacial score (nSPS) is 14.5. The van der Waals surface area contributed by atoms with Crippen molar-refractivity contribution in [1.82, 2.24) is 0 Å². The van der Waals surface area contributed by atoms with Crippen molar-refractivity contribution in [2.75, 3.05) is 43.6 Å². The standard InChI is InChI=1S/C20H25FN4O2.HI/c1-26-14-16-4-2-3-5-18(16)24-20(22)23-13-15-6-7-19(17(21)12-15)25-8-10-27-11-9-25;/h2-7,12H,8-11,13-14H2,1H3,(H3,22,23,24);1H. The highest BCUT2D eigenvalue weighted by atomic mass is 127. The fraction of sp³-hybridized carbons (Fsp3) is 0.350. The highest BCUT2D eigenvalue weighted by molar-refractivity contribution is 14.0. The summed E-state index contributed by atoms with van der Waals surface area (Å²) in [7, 11) is 1.64. The van der Waals surface area contributed by atoms with Crippen LogP contribution in [-0.2, 0) is 22.6 Å². The van der Waals surface area contributed by atoms with Crippen LogP contribution in [0.3, 0.4) is 0 Å². The molecule has 0 aromatic heterocycles. The number of nitrogens with zero attached hydrogens (tertiary/aromatic N) is 2. The van der Waals surface area contributed by atoms with E-state index in [4.69, 9.17) is 15.2 Å². The van der Waals surface area contributed by atoms with Gasteiger partial charge in [-0.3, -0.25) is 0 Å². The van der Waals surface area contributed by atoms with Crippen molar-refractivity contribution in [3.63, 3.8) is 0 Å². The Balaban J connectivity index is 0.00000280. The van der Waals surface area contributed by atoms with Gasteiger partial charge in [0.2, 0.25) is 0 Å². The number of hydrogen-bond donors (Lipinski definition) is 2. The van der Waals surface area contributed by atoms with Crippen LogP contribution in [0.1, 0.15) is 11.1 Å². The van der Waals surface area contributed by atoms with Gasteiger partial charge in [-0.2, -0.15) is 0 Å². The average Bonchev–Trinajstić information content (AvgIpc) is 2.69. The van der Waals surface area contributed by atoms with E-state index in [1.54, 1.807) is 13.2 Å². The van der Waals surface area contributed by atoms with Gasteiger partial charge in [-0.1, -0.05) is 24.3 Å². The highest BCUT2D eigenvalue weighted by Gasteiger charge is 2.15. The zero-order valence-corrected chi connectivity index (χ0v) is 18.2. The lowest BCUT2D eigenvalue weighted by Crippen LogP contribution is -2.36. The number of hydrogen-bond acceptors (Lipinski definition) is 4. The molecule has 0 bridgehead atoms. The van der Waals surface area contributed by atoms with Crippen molar-refractivity contribution in [1.29, 1.82) is 0 Å². The van der Waals surface area contributed by atoms with Crippen molar-refractivity contribution in [3.05, 3.63) is 59.4 Å². The second-order valence-corrected chi connectivity index (χ2v) is 6.30. The van der Waals surface area contributed by atoms with E-state index in [1.165, 1.54) is 6.07 Å². The fourth-order valence-corrected chi connectivity index (χ4v) is 2.99. The Morgan fingerprint density at radius 2 is 2.00 bits per heavy atom. The van der Waals surface area contributed by atoms with Crippen LogP contribution < -0.4 is 16.0 Å². The molecule has 1 fully saturated rings. The van der Waals surface area contributed by atoms with Gasteiger partial charge in [0.25, 0.3) is 0 Å². The summed E-state index contributed by atoms with van der Waals surface area (Å²) < 4.78 is 24.9. The van der Waals surface area contributed by atoms with Gasteiger partial charge in [0.15, 0.2) is 5.96 Å². The minimum atomic E-state index is -0.249. The first-order chi connectivity index (χ1) is 13.2. The van der Waals surface area contributed by atoms with Crippen LogP contribution in [-0.4, -0.2) is 39.4 Å². The predicted octanol–water partition coefficient (Wildman–Crippen LogP) is 3.35. The molecule has 0 radical (unpaired) electrons. The molecule has 8 heteroatoms. The first-order valence-corrected chi connectivity index (χ1v) is 8.92. The zero-order chi connectivity index (χ0) is 19.1. The molecule has 0 atom stereocenters. The number of benzene rings is 2. The first-order valence-electron chi connectivity index (χ1n) is 8.92. The van der Waals surface area contributed by atoms with Gasteiger partial charge >= 0.3 is 0 Å². The Kier molecular flexibility index (Phi) is 8.94. The number of rotatable bonds is 6. The number of halogens is 2. The third kappa shape index (κ3) is 6.05. The second kappa shape index (κ2) is 11.2. The highest BCUT2D eigenvalue weighted by Crippen LogP contribution is 2.22. The van der Waals surface area contributed by atoms with Crippen LogP contribution >= 0.6 is 24.0 Å². The van der Waals surface area contributed by atoms with Gasteiger partial charge in [-0.05, 0) is 23.8 Å². The van der Waals surface area contributed by atoms with E-state index in [0.29, 0.717) is 45.1 Å². The quantitative estimate of drug-likeness (QED) is 0.362. The summed E-state index contributed by atoms with van der Waals surface area (Å²) in [5.74, 6) is 0.0257. The molecule has 0 amide bonds. The van der Waals surface area contributed by atoms with Gasteiger partial charge in [0, 0.05) is 31.5 Å². The van der Waals surface area contributed by atoms with Crippen molar-refractivity contribution in [2.45, 2.75) is 13.2 Å². The first kappa shape index (κ1) is 22.4. The summed E-state index contributed by atoms with van der Waals surface area (Å²) in [5, 5.41) is 3.08. The second-order valence-electron chi connectivity index (χ2n) is 6.30. The number of nitrogens with two attached hydrogens (primary N) is 1. The van der Waals surface area contributed by atoms with Crippen LogP contribution in [0.5, 0.6) is 0 Å². The molecule has 3 N–H and O–H groups in total. The lowest BCUT2D eigenvalue weighted by molar-refractivity contribution is 0.122. The van der Waals surface area contributed by atoms with Crippen LogP contribution in [0.25, 0.3) is 0 Å². The van der Waals surface area contributed by atoms with Crippen molar-refractivity contribution < 1.29 is 13.9 Å². The van der Waals surface area contributed by atoms with E-state index in [9.17, 15) is 4.39 Å². The Hall–Kier alpha value is -1.91. The largest absolute Gasteiger partial charge is 0.380 e. The number of guanidine groups is 1. The topological polar surface area (TPSA) is 72.1 Å². The van der Waals surface area contributed by atoms with Crippen molar-refractivity contribution >= 4 is 41.3 Å². The summed E-state index contributed by atoms with van der Waals surface area (Å²) in [6, 6.07) is 12.9. The maximum atomic E-state index is 14.5. The van der Waals surface area contributed by atoms with E-state index in [2.05, 4.69) is 10.3 Å². The molecule has 1 saturated heterocycles. The molecule has 0 unspecified atom stereocenters. The molecule has 0 saturated carbocycles. The molecule has 2 aromatic rings. The number of morpholine rings is 1. The molecule has 152 valence electrons. The van der Waals surface area contributed by atoms with Gasteiger partial charge in [0.1, 0.15) is 5.82 Å². The average molecular weight is 500 g/mol. The monoisotopic (exact) mass is 500 g/mol. The van der Waals surface area contributed by atoms with Gasteiger partial charge in [0.05, 0.1) is 32.1 Å². The molecule has 0 aliphatic carbocycles. The maximum absolute atomic E-state index is 14.5. The molecule has 2 aromatic carbocycles. The number of para-hydroxylation sites is 1. The Bertz CT molecular complexity index is 798. The molecule has 1 aliphatic rings. The maximum Gasteiger partial charge on any atom is 0.193 e. The number of nitrogens with one attached hydrogen (secondary N) is 1. The van der Waals surface area contributed by atoms with E-state index in [1.807, 2.05) is 35.2 Å². The summed E-state index contributed by atoms with van der Waals surface area (Å²) in [4.78, 5) is 6.31. The Morgan fingerprint density at radius 1 is 1.25 bits per heavy atom. The SMILES string of the molecule is COCc1ccccc1NC(N)=NCc1ccc(N2CCOCC2)c(F)c1.I. The summed E-state index contributed by atoms with van der Waals surface area (Å²) in [5.41, 5.74) is 9.18. The van der Waals surface area contributed by atoms with E-state index < -0.39 is 0 Å². The van der Waals surface area contributed by atoms with Crippen LogP contribution in [0, 0.1) is 5.82 Å². The number of methoxy groups -OCH3 is 1. The van der Waals surface area contributed by atoms with Gasteiger partial charge in [-0.15, -0.1) is 24.0 Å². The summed E-state index contributed by atoms with van der Waals surface area (Å²) in [6.07, 6.45) is 0. The summed E-state index contributed by atoms with van der Waals surface area (Å²) in [6.45, 7) is 3.42. The number of ether oxygens (including phenoxy) is 2. The minimum absolute atomic E-state index is 0. The third-order valence-corrected chi connectivity index (χ3v) is 4.38. The molecule has 6 nitrogen and oxygen atoms in total. The fourth-order valence-electron chi connectivity index (χ4n) is 2.99. The summed E-state index contributed by atoms with van der Waals surface area (Å²) >= 11 is 0. The van der Waals surface area contributed by atoms with Crippen LogP contribution in [0.2, 0.25) is 0 Å². The Morgan fingerprint density at radius 3 is 2.71 bits per heavy atom. The zero-order valence-electron chi connectivity index (χ0n) is 15.9. The number of aliphatic imine (C=N–C) groups is 1. The molecule has 3 rings (SSSR count). The Labute approximate surface area is 181 Å². The van der Waals surface area contributed by atoms with Crippen LogP contribution in [0.4, 0.5) is 15.8 Å². The lowest BCUT2D eigenvalue weighted by atomic mass is 10.1. The molecular weight excluding hydrogens is 474 g/mol. The molecule has 28 heavy (non-hydrogen) atoms. The molecule has 0 spiro atoms. The van der Waals surface area contributed by atoms with Gasteiger partial charge in [-0.25, -0.2) is 9.38 Å². The lowest BCUT2D eigenvalue weighted by Gasteiger charge is -2.29.